The number of hydrogen-bond acceptors (Lipinski definition) is 2. The first-order valence-electron chi connectivity index (χ1n) is 8.20. The summed E-state index contributed by atoms with van der Waals surface area (Å²) in [5, 5.41) is 0. The third kappa shape index (κ3) is 2.19. The SMILES string of the molecule is C[C@H]1C(=O)N2[C@H](c3ccccc3)CO[C@@]2(C)Cc2ccccc21. The minimum Gasteiger partial charge on any atom is -0.353 e. The van der Waals surface area contributed by atoms with Crippen molar-refractivity contribution < 1.29 is 9.53 Å². The Hall–Kier alpha value is -2.13. The Morgan fingerprint density at radius 1 is 1.09 bits per heavy atom. The Kier molecular flexibility index (Phi) is 3.27. The Morgan fingerprint density at radius 2 is 1.78 bits per heavy atom. The third-order valence-corrected chi connectivity index (χ3v) is 5.21. The lowest BCUT2D eigenvalue weighted by atomic mass is 9.94. The lowest BCUT2D eigenvalue weighted by Gasteiger charge is -2.36. The van der Waals surface area contributed by atoms with E-state index in [9.17, 15) is 4.79 Å². The molecule has 1 amide bonds. The molecule has 3 atom stereocenters. The van der Waals surface area contributed by atoms with Crippen molar-refractivity contribution in [3.8, 4) is 0 Å². The highest BCUT2D eigenvalue weighted by Crippen LogP contribution is 2.44. The summed E-state index contributed by atoms with van der Waals surface area (Å²) in [5.41, 5.74) is 2.91. The molecule has 4 rings (SSSR count). The average molecular weight is 307 g/mol. The van der Waals surface area contributed by atoms with E-state index in [1.807, 2.05) is 49.1 Å². The molecule has 0 unspecified atom stereocenters. The molecule has 0 bridgehead atoms. The molecule has 3 nitrogen and oxygen atoms in total. The monoisotopic (exact) mass is 307 g/mol. The van der Waals surface area contributed by atoms with Crippen LogP contribution in [0.5, 0.6) is 0 Å². The van der Waals surface area contributed by atoms with Gasteiger partial charge in [-0.3, -0.25) is 4.79 Å². The van der Waals surface area contributed by atoms with Gasteiger partial charge in [0.25, 0.3) is 0 Å². The van der Waals surface area contributed by atoms with Gasteiger partial charge in [0.15, 0.2) is 0 Å². The molecule has 1 saturated heterocycles. The van der Waals surface area contributed by atoms with Crippen LogP contribution in [0.3, 0.4) is 0 Å². The van der Waals surface area contributed by atoms with E-state index >= 15 is 0 Å². The second-order valence-corrected chi connectivity index (χ2v) is 6.72. The van der Waals surface area contributed by atoms with Crippen LogP contribution in [0.15, 0.2) is 54.6 Å². The molecule has 2 aromatic rings. The quantitative estimate of drug-likeness (QED) is 0.804. The zero-order chi connectivity index (χ0) is 16.0. The fourth-order valence-electron chi connectivity index (χ4n) is 3.99. The number of carbonyl (C=O) groups is 1. The van der Waals surface area contributed by atoms with E-state index < -0.39 is 5.72 Å². The smallest absolute Gasteiger partial charge is 0.232 e. The molecule has 0 aromatic heterocycles. The summed E-state index contributed by atoms with van der Waals surface area (Å²) in [6.07, 6.45) is 0.739. The van der Waals surface area contributed by atoms with Crippen LogP contribution in [0.4, 0.5) is 0 Å². The number of hydrogen-bond donors (Lipinski definition) is 0. The van der Waals surface area contributed by atoms with E-state index in [0.717, 1.165) is 17.5 Å². The van der Waals surface area contributed by atoms with E-state index in [4.69, 9.17) is 4.74 Å². The lowest BCUT2D eigenvalue weighted by molar-refractivity contribution is -0.148. The van der Waals surface area contributed by atoms with Crippen molar-refractivity contribution in [3.05, 3.63) is 71.3 Å². The number of fused-ring (bicyclic) bond motifs is 2. The minimum atomic E-state index is -0.571. The van der Waals surface area contributed by atoms with Gasteiger partial charge >= 0.3 is 0 Å². The maximum Gasteiger partial charge on any atom is 0.232 e. The van der Waals surface area contributed by atoms with E-state index in [2.05, 4.69) is 24.3 Å². The van der Waals surface area contributed by atoms with Crippen molar-refractivity contribution in [1.29, 1.82) is 0 Å². The minimum absolute atomic E-state index is 0.00883. The molecule has 2 heterocycles. The summed E-state index contributed by atoms with van der Waals surface area (Å²) in [6, 6.07) is 18.4. The van der Waals surface area contributed by atoms with E-state index in [1.165, 1.54) is 5.56 Å². The molecule has 0 saturated carbocycles. The van der Waals surface area contributed by atoms with Gasteiger partial charge in [0.2, 0.25) is 5.91 Å². The zero-order valence-electron chi connectivity index (χ0n) is 13.5. The highest BCUT2D eigenvalue weighted by Gasteiger charge is 2.50. The third-order valence-electron chi connectivity index (χ3n) is 5.21. The fourth-order valence-corrected chi connectivity index (χ4v) is 3.99. The van der Waals surface area contributed by atoms with Gasteiger partial charge in [0, 0.05) is 6.42 Å². The first-order chi connectivity index (χ1) is 11.1. The summed E-state index contributed by atoms with van der Waals surface area (Å²) in [6.45, 7) is 4.61. The number of rotatable bonds is 1. The molecule has 23 heavy (non-hydrogen) atoms. The Labute approximate surface area is 136 Å². The first-order valence-corrected chi connectivity index (χ1v) is 8.20. The van der Waals surface area contributed by atoms with Gasteiger partial charge in [-0.15, -0.1) is 0 Å². The van der Waals surface area contributed by atoms with Crippen molar-refractivity contribution >= 4 is 5.91 Å². The Morgan fingerprint density at radius 3 is 2.57 bits per heavy atom. The number of ether oxygens (including phenoxy) is 1. The second kappa shape index (κ2) is 5.20. The molecule has 0 N–H and O–H groups in total. The number of amides is 1. The van der Waals surface area contributed by atoms with Crippen LogP contribution in [0.25, 0.3) is 0 Å². The molecular weight excluding hydrogens is 286 g/mol. The van der Waals surface area contributed by atoms with Crippen molar-refractivity contribution in [2.75, 3.05) is 6.61 Å². The predicted octanol–water partition coefficient (Wildman–Crippen LogP) is 3.66. The van der Waals surface area contributed by atoms with Crippen LogP contribution >= 0.6 is 0 Å². The molecular formula is C20H21NO2. The van der Waals surface area contributed by atoms with Crippen LogP contribution in [-0.2, 0) is 16.0 Å². The Balaban J connectivity index is 1.80. The van der Waals surface area contributed by atoms with Gasteiger partial charge in [-0.2, -0.15) is 0 Å². The number of nitrogens with zero attached hydrogens (tertiary/aromatic N) is 1. The van der Waals surface area contributed by atoms with Gasteiger partial charge in [-0.05, 0) is 30.5 Å². The largest absolute Gasteiger partial charge is 0.353 e. The van der Waals surface area contributed by atoms with Crippen LogP contribution < -0.4 is 0 Å². The molecule has 1 fully saturated rings. The standard InChI is InChI=1S/C20H21NO2/c1-14-17-11-7-6-10-16(17)12-20(2)21(19(14)22)18(13-23-20)15-8-4-3-5-9-15/h3-11,14,18H,12-13H2,1-2H3/t14-,18+,20+/m1/s1. The van der Waals surface area contributed by atoms with Gasteiger partial charge in [-0.1, -0.05) is 54.6 Å². The van der Waals surface area contributed by atoms with Gasteiger partial charge in [0.05, 0.1) is 18.6 Å². The van der Waals surface area contributed by atoms with Crippen LogP contribution in [0.1, 0.15) is 42.5 Å². The summed E-state index contributed by atoms with van der Waals surface area (Å²) >= 11 is 0. The summed E-state index contributed by atoms with van der Waals surface area (Å²) < 4.78 is 6.17. The van der Waals surface area contributed by atoms with Crippen LogP contribution in [0, 0.1) is 0 Å². The van der Waals surface area contributed by atoms with E-state index in [1.54, 1.807) is 0 Å². The van der Waals surface area contributed by atoms with Crippen molar-refractivity contribution in [1.82, 2.24) is 4.90 Å². The molecule has 2 aliphatic rings. The maximum absolute atomic E-state index is 13.2. The average Bonchev–Trinajstić information content (AvgIpc) is 2.88. The van der Waals surface area contributed by atoms with Crippen molar-refractivity contribution in [3.63, 3.8) is 0 Å². The van der Waals surface area contributed by atoms with Gasteiger partial charge < -0.3 is 9.64 Å². The first kappa shape index (κ1) is 14.5. The molecule has 2 aliphatic heterocycles. The van der Waals surface area contributed by atoms with Gasteiger partial charge in [-0.25, -0.2) is 0 Å². The summed E-state index contributed by atoms with van der Waals surface area (Å²) in [5.74, 6) is 0.0183. The predicted molar refractivity (Wildman–Crippen MR) is 88.9 cm³/mol. The maximum atomic E-state index is 13.2. The molecule has 118 valence electrons. The van der Waals surface area contributed by atoms with Gasteiger partial charge in [0.1, 0.15) is 5.72 Å². The fraction of sp³-hybridized carbons (Fsp3) is 0.350. The van der Waals surface area contributed by atoms with Crippen LogP contribution in [0.2, 0.25) is 0 Å². The van der Waals surface area contributed by atoms with E-state index in [0.29, 0.717) is 6.61 Å². The molecule has 0 spiro atoms. The second-order valence-electron chi connectivity index (χ2n) is 6.72. The molecule has 3 heteroatoms. The van der Waals surface area contributed by atoms with Crippen molar-refractivity contribution in [2.24, 2.45) is 0 Å². The highest BCUT2D eigenvalue weighted by atomic mass is 16.5. The van der Waals surface area contributed by atoms with Crippen LogP contribution in [-0.4, -0.2) is 23.1 Å². The molecule has 0 radical (unpaired) electrons. The zero-order valence-corrected chi connectivity index (χ0v) is 13.5. The number of benzene rings is 2. The highest BCUT2D eigenvalue weighted by molar-refractivity contribution is 5.85. The molecule has 0 aliphatic carbocycles. The van der Waals surface area contributed by atoms with E-state index in [-0.39, 0.29) is 17.9 Å². The Bertz CT molecular complexity index is 742. The molecule has 2 aromatic carbocycles. The number of carbonyl (C=O) groups excluding carboxylic acids is 1. The van der Waals surface area contributed by atoms with Crippen molar-refractivity contribution in [2.45, 2.75) is 38.0 Å². The topological polar surface area (TPSA) is 29.5 Å². The summed E-state index contributed by atoms with van der Waals surface area (Å²) in [7, 11) is 0. The summed E-state index contributed by atoms with van der Waals surface area (Å²) in [4.78, 5) is 15.2. The normalized spacial score (nSPS) is 29.8. The lowest BCUT2D eigenvalue weighted by Crippen LogP contribution is -2.48.